The van der Waals surface area contributed by atoms with Gasteiger partial charge in [0.05, 0.1) is 13.3 Å². The highest BCUT2D eigenvalue weighted by Crippen LogP contribution is 2.43. The average Bonchev–Trinajstić information content (AvgIpc) is 3.62. The molecule has 0 spiro atoms. The van der Waals surface area contributed by atoms with Gasteiger partial charge in [0, 0.05) is 53.5 Å². The van der Waals surface area contributed by atoms with Gasteiger partial charge in [-0.2, -0.15) is 0 Å². The third kappa shape index (κ3) is 5.87. The van der Waals surface area contributed by atoms with Gasteiger partial charge in [0.15, 0.2) is 0 Å². The Bertz CT molecular complexity index is 1110. The minimum Gasteiger partial charge on any atom is -0.496 e. The molecule has 1 saturated carbocycles. The van der Waals surface area contributed by atoms with Crippen LogP contribution in [-0.2, 0) is 17.6 Å². The van der Waals surface area contributed by atoms with Crippen molar-refractivity contribution in [1.29, 1.82) is 0 Å². The van der Waals surface area contributed by atoms with Crippen LogP contribution in [0.25, 0.3) is 0 Å². The molecule has 0 amide bonds. The number of hydrogen-bond acceptors (Lipinski definition) is 6. The normalized spacial score (nSPS) is 21.2. The highest BCUT2D eigenvalue weighted by atomic mass is 19.1. The fourth-order valence-electron chi connectivity index (χ4n) is 5.86. The molecule has 2 aliphatic heterocycles. The van der Waals surface area contributed by atoms with Crippen molar-refractivity contribution >= 4 is 11.8 Å². The predicted octanol–water partition coefficient (Wildman–Crippen LogP) is 5.06. The van der Waals surface area contributed by atoms with Gasteiger partial charge in [-0.1, -0.05) is 6.42 Å². The Morgan fingerprint density at radius 2 is 2.14 bits per heavy atom. The number of aliphatic carboxylic acids is 1. The standard InChI is InChI=1S/C28H36F2N4O3/c1-37-24-14-20(33-27-21(24)6-4-11-31-27)5-2-3-7-23(30)18-10-12-34(16-18)26(28(35)36)22-13-19(29)15-32-25(22)17-8-9-17/h13-15,17-18,23,26H,2-12,16H2,1H3,(H,31,33)(H,35,36)/t18-,23?,26+/m1/s1. The summed E-state index contributed by atoms with van der Waals surface area (Å²) in [7, 11) is 1.68. The number of hydrogen-bond donors (Lipinski definition) is 2. The van der Waals surface area contributed by atoms with Crippen LogP contribution < -0.4 is 10.1 Å². The van der Waals surface area contributed by atoms with Crippen molar-refractivity contribution in [2.75, 3.05) is 32.1 Å². The second-order valence-corrected chi connectivity index (χ2v) is 10.6. The number of carboxylic acid groups (broad SMARTS) is 1. The van der Waals surface area contributed by atoms with E-state index >= 15 is 4.39 Å². The van der Waals surface area contributed by atoms with E-state index in [0.29, 0.717) is 37.2 Å². The fourth-order valence-corrected chi connectivity index (χ4v) is 5.86. The summed E-state index contributed by atoms with van der Waals surface area (Å²) in [5.41, 5.74) is 3.18. The summed E-state index contributed by atoms with van der Waals surface area (Å²) < 4.78 is 34.8. The van der Waals surface area contributed by atoms with E-state index < -0.39 is 24.0 Å². The van der Waals surface area contributed by atoms with E-state index in [0.717, 1.165) is 80.5 Å². The number of nitrogens with one attached hydrogen (secondary N) is 1. The summed E-state index contributed by atoms with van der Waals surface area (Å²) in [6, 6.07) is 2.31. The van der Waals surface area contributed by atoms with Gasteiger partial charge in [0.2, 0.25) is 0 Å². The number of ether oxygens (including phenoxy) is 1. The Balaban J connectivity index is 1.15. The number of anilines is 1. The summed E-state index contributed by atoms with van der Waals surface area (Å²) >= 11 is 0. The molecular weight excluding hydrogens is 478 g/mol. The number of methoxy groups -OCH3 is 1. The lowest BCUT2D eigenvalue weighted by Gasteiger charge is -2.26. The molecule has 9 heteroatoms. The molecule has 1 unspecified atom stereocenters. The number of alkyl halides is 1. The number of aromatic nitrogens is 2. The van der Waals surface area contributed by atoms with E-state index in [1.165, 1.54) is 6.07 Å². The van der Waals surface area contributed by atoms with Crippen molar-refractivity contribution in [3.8, 4) is 5.75 Å². The van der Waals surface area contributed by atoms with Gasteiger partial charge in [0.1, 0.15) is 29.6 Å². The summed E-state index contributed by atoms with van der Waals surface area (Å²) in [6.45, 7) is 1.75. The first-order valence-corrected chi connectivity index (χ1v) is 13.5. The maximum atomic E-state index is 15.2. The van der Waals surface area contributed by atoms with Crippen molar-refractivity contribution < 1.29 is 23.4 Å². The number of pyridine rings is 2. The molecule has 2 aromatic rings. The Morgan fingerprint density at radius 1 is 1.30 bits per heavy atom. The fraction of sp³-hybridized carbons (Fsp3) is 0.607. The smallest absolute Gasteiger partial charge is 0.325 e. The molecule has 4 heterocycles. The zero-order valence-corrected chi connectivity index (χ0v) is 21.4. The number of unbranched alkanes of at least 4 members (excludes halogenated alkanes) is 1. The van der Waals surface area contributed by atoms with Crippen LogP contribution in [0.1, 0.15) is 79.4 Å². The van der Waals surface area contributed by atoms with Crippen LogP contribution >= 0.6 is 0 Å². The number of aryl methyl sites for hydroxylation is 1. The van der Waals surface area contributed by atoms with Crippen molar-refractivity contribution in [3.05, 3.63) is 46.7 Å². The zero-order chi connectivity index (χ0) is 25.9. The number of fused-ring (bicyclic) bond motifs is 1. The topological polar surface area (TPSA) is 87.6 Å². The largest absolute Gasteiger partial charge is 0.496 e. The highest BCUT2D eigenvalue weighted by molar-refractivity contribution is 5.76. The zero-order valence-electron chi connectivity index (χ0n) is 21.4. The molecule has 3 atom stereocenters. The number of likely N-dealkylation sites (tertiary alicyclic amines) is 1. The van der Waals surface area contributed by atoms with Crippen molar-refractivity contribution in [1.82, 2.24) is 14.9 Å². The van der Waals surface area contributed by atoms with E-state index in [-0.39, 0.29) is 11.8 Å². The monoisotopic (exact) mass is 514 g/mol. The lowest BCUT2D eigenvalue weighted by molar-refractivity contribution is -0.143. The first-order chi connectivity index (χ1) is 17.9. The van der Waals surface area contributed by atoms with E-state index in [9.17, 15) is 14.3 Å². The quantitative estimate of drug-likeness (QED) is 0.406. The van der Waals surface area contributed by atoms with Gasteiger partial charge in [-0.25, -0.2) is 13.8 Å². The Labute approximate surface area is 216 Å². The molecule has 0 radical (unpaired) electrons. The van der Waals surface area contributed by atoms with Crippen molar-refractivity contribution in [2.24, 2.45) is 5.92 Å². The lowest BCUT2D eigenvalue weighted by atomic mass is 9.97. The molecule has 1 saturated heterocycles. The molecular formula is C28H36F2N4O3. The number of rotatable bonds is 11. The maximum absolute atomic E-state index is 15.2. The number of carbonyl (C=O) groups is 1. The van der Waals surface area contributed by atoms with Gasteiger partial charge in [-0.05, 0) is 64.0 Å². The molecule has 200 valence electrons. The van der Waals surface area contributed by atoms with Crippen molar-refractivity contribution in [3.63, 3.8) is 0 Å². The summed E-state index contributed by atoms with van der Waals surface area (Å²) in [4.78, 5) is 23.0. The van der Waals surface area contributed by atoms with Crippen molar-refractivity contribution in [2.45, 2.75) is 75.9 Å². The van der Waals surface area contributed by atoms with E-state index in [2.05, 4.69) is 10.3 Å². The second kappa shape index (κ2) is 11.3. The Morgan fingerprint density at radius 3 is 2.89 bits per heavy atom. The minimum atomic E-state index is -1.03. The number of carboxylic acids is 1. The molecule has 1 aliphatic carbocycles. The Hall–Kier alpha value is -2.81. The molecule has 0 bridgehead atoms. The molecule has 2 aromatic heterocycles. The second-order valence-electron chi connectivity index (χ2n) is 10.6. The number of nitrogens with zero attached hydrogens (tertiary/aromatic N) is 3. The van der Waals surface area contributed by atoms with Crippen LogP contribution in [0.5, 0.6) is 5.75 Å². The van der Waals surface area contributed by atoms with E-state index in [1.54, 1.807) is 12.0 Å². The van der Waals surface area contributed by atoms with Gasteiger partial charge in [-0.3, -0.25) is 14.7 Å². The van der Waals surface area contributed by atoms with Gasteiger partial charge in [-0.15, -0.1) is 0 Å². The average molecular weight is 515 g/mol. The predicted molar refractivity (Wildman–Crippen MR) is 136 cm³/mol. The molecule has 3 aliphatic rings. The Kier molecular flexibility index (Phi) is 7.88. The summed E-state index contributed by atoms with van der Waals surface area (Å²) in [5, 5.41) is 13.4. The lowest BCUT2D eigenvalue weighted by Crippen LogP contribution is -2.34. The van der Waals surface area contributed by atoms with Gasteiger partial charge >= 0.3 is 5.97 Å². The third-order valence-corrected chi connectivity index (χ3v) is 7.96. The molecule has 7 nitrogen and oxygen atoms in total. The minimum absolute atomic E-state index is 0.199. The first-order valence-electron chi connectivity index (χ1n) is 13.5. The third-order valence-electron chi connectivity index (χ3n) is 7.96. The molecule has 2 N–H and O–H groups in total. The van der Waals surface area contributed by atoms with Crippen LogP contribution in [0.2, 0.25) is 0 Å². The highest BCUT2D eigenvalue weighted by Gasteiger charge is 2.40. The van der Waals surface area contributed by atoms with Crippen LogP contribution in [-0.4, -0.2) is 58.9 Å². The molecule has 0 aromatic carbocycles. The van der Waals surface area contributed by atoms with Crippen LogP contribution in [0.4, 0.5) is 14.6 Å². The molecule has 5 rings (SSSR count). The first kappa shape index (κ1) is 25.8. The summed E-state index contributed by atoms with van der Waals surface area (Å²) in [6.07, 6.45) is 7.41. The van der Waals surface area contributed by atoms with Crippen LogP contribution in [0.3, 0.4) is 0 Å². The van der Waals surface area contributed by atoms with Gasteiger partial charge < -0.3 is 15.2 Å². The van der Waals surface area contributed by atoms with Gasteiger partial charge in [0.25, 0.3) is 0 Å². The van der Waals surface area contributed by atoms with E-state index in [1.807, 2.05) is 6.07 Å². The van der Waals surface area contributed by atoms with E-state index in [4.69, 9.17) is 9.72 Å². The maximum Gasteiger partial charge on any atom is 0.325 e. The SMILES string of the molecule is COc1cc(CCCCC(F)[C@@H]2CCN([C@H](C(=O)O)c3cc(F)cnc3C3CC3)C2)nc2c1CCCN2. The molecule has 37 heavy (non-hydrogen) atoms. The van der Waals surface area contributed by atoms with Crippen LogP contribution in [0, 0.1) is 11.7 Å². The summed E-state index contributed by atoms with van der Waals surface area (Å²) in [5.74, 6) is 0.178. The van der Waals surface area contributed by atoms with Crippen LogP contribution in [0.15, 0.2) is 18.3 Å². The number of halogens is 2. The molecule has 2 fully saturated rings.